The lowest BCUT2D eigenvalue weighted by Gasteiger charge is -2.34. The third-order valence-electron chi connectivity index (χ3n) is 5.89. The third kappa shape index (κ3) is 3.19. The highest BCUT2D eigenvalue weighted by Crippen LogP contribution is 2.36. The Kier molecular flexibility index (Phi) is 4.57. The molecule has 3 aromatic heterocycles. The number of aromatic amines is 1. The fourth-order valence-corrected chi connectivity index (χ4v) is 4.24. The first kappa shape index (κ1) is 18.0. The van der Waals surface area contributed by atoms with Gasteiger partial charge in [-0.2, -0.15) is 14.9 Å². The molecule has 148 valence electrons. The fraction of sp³-hybridized carbons (Fsp3) is 0.409. The van der Waals surface area contributed by atoms with Gasteiger partial charge in [0, 0.05) is 30.1 Å². The van der Waals surface area contributed by atoms with Crippen LogP contribution in [0.2, 0.25) is 0 Å². The summed E-state index contributed by atoms with van der Waals surface area (Å²) in [6.07, 6.45) is 14.5. The van der Waals surface area contributed by atoms with E-state index in [-0.39, 0.29) is 6.04 Å². The Hall–Kier alpha value is -3.11. The van der Waals surface area contributed by atoms with Gasteiger partial charge in [-0.1, -0.05) is 6.08 Å². The average Bonchev–Trinajstić information content (AvgIpc) is 3.43. The van der Waals surface area contributed by atoms with Crippen LogP contribution in [0.1, 0.15) is 31.7 Å². The molecule has 2 atom stereocenters. The summed E-state index contributed by atoms with van der Waals surface area (Å²) >= 11 is 0. The quantitative estimate of drug-likeness (QED) is 0.698. The van der Waals surface area contributed by atoms with Crippen molar-refractivity contribution in [2.24, 2.45) is 5.92 Å². The van der Waals surface area contributed by atoms with Gasteiger partial charge in [0.1, 0.15) is 5.82 Å². The van der Waals surface area contributed by atoms with Gasteiger partial charge in [-0.25, -0.2) is 4.98 Å². The van der Waals surface area contributed by atoms with Gasteiger partial charge in [0.2, 0.25) is 0 Å². The van der Waals surface area contributed by atoms with Gasteiger partial charge in [-0.15, -0.1) is 12.3 Å². The van der Waals surface area contributed by atoms with Gasteiger partial charge >= 0.3 is 0 Å². The molecule has 0 amide bonds. The number of nitrogens with one attached hydrogen (secondary N) is 1. The Balaban J connectivity index is 1.67. The number of hydrogen-bond donors (Lipinski definition) is 1. The zero-order chi connectivity index (χ0) is 19.8. The summed E-state index contributed by atoms with van der Waals surface area (Å²) in [6.45, 7) is 4.42. The molecule has 5 rings (SSSR count). The van der Waals surface area contributed by atoms with Crippen molar-refractivity contribution < 1.29 is 4.74 Å². The van der Waals surface area contributed by atoms with E-state index in [1.54, 1.807) is 10.9 Å². The van der Waals surface area contributed by atoms with E-state index < -0.39 is 0 Å². The number of aromatic nitrogens is 5. The zero-order valence-corrected chi connectivity index (χ0v) is 16.5. The minimum Gasteiger partial charge on any atom is -0.377 e. The molecule has 0 aromatic carbocycles. The highest BCUT2D eigenvalue weighted by Gasteiger charge is 2.24. The van der Waals surface area contributed by atoms with Gasteiger partial charge in [0.25, 0.3) is 0 Å². The lowest BCUT2D eigenvalue weighted by molar-refractivity contribution is 0.0985. The molecule has 1 aliphatic heterocycles. The van der Waals surface area contributed by atoms with Crippen molar-refractivity contribution in [2.75, 3.05) is 24.7 Å². The number of hydrogen-bond acceptors (Lipinski definition) is 5. The maximum absolute atomic E-state index is 5.64. The predicted molar refractivity (Wildman–Crippen MR) is 113 cm³/mol. The largest absolute Gasteiger partial charge is 0.377 e. The molecule has 1 fully saturated rings. The molecule has 7 heteroatoms. The summed E-state index contributed by atoms with van der Waals surface area (Å²) in [4.78, 5) is 7.33. The van der Waals surface area contributed by atoms with Crippen molar-refractivity contribution >= 4 is 22.4 Å². The molecular weight excluding hydrogens is 364 g/mol. The third-order valence-corrected chi connectivity index (χ3v) is 5.89. The van der Waals surface area contributed by atoms with E-state index in [0.29, 0.717) is 19.1 Å². The first-order chi connectivity index (χ1) is 14.2. The lowest BCUT2D eigenvalue weighted by Crippen LogP contribution is -2.44. The van der Waals surface area contributed by atoms with Gasteiger partial charge in [0.05, 0.1) is 25.5 Å². The minimum absolute atomic E-state index is 0.273. The predicted octanol–water partition coefficient (Wildman–Crippen LogP) is 3.19. The highest BCUT2D eigenvalue weighted by atomic mass is 16.5. The van der Waals surface area contributed by atoms with Crippen molar-refractivity contribution in [1.29, 1.82) is 0 Å². The van der Waals surface area contributed by atoms with Gasteiger partial charge < -0.3 is 9.64 Å². The van der Waals surface area contributed by atoms with Crippen LogP contribution in [-0.2, 0) is 4.74 Å². The SMILES string of the molecule is C#CC1CC=C(c2cc(N3CCOCC3C)nc3c2cnn3-c2cc[nH]n2)CC1. The number of allylic oxidation sites excluding steroid dienone is 2. The molecule has 2 aliphatic rings. The monoisotopic (exact) mass is 388 g/mol. The standard InChI is InChI=1S/C22H24N6O/c1-3-16-4-6-17(7-5-16)18-12-21(27-10-11-29-14-15(27)2)25-22-19(18)13-24-28(22)20-8-9-23-26-20/h1,6,8-9,12-13,15-16H,4-5,7,10-11,14H2,2H3,(H,23,26). The van der Waals surface area contributed by atoms with Crippen LogP contribution in [0.4, 0.5) is 5.82 Å². The molecule has 29 heavy (non-hydrogen) atoms. The van der Waals surface area contributed by atoms with E-state index in [0.717, 1.165) is 48.5 Å². The number of pyridine rings is 1. The summed E-state index contributed by atoms with van der Waals surface area (Å²) < 4.78 is 7.43. The number of H-pyrrole nitrogens is 1. The van der Waals surface area contributed by atoms with E-state index in [4.69, 9.17) is 16.1 Å². The summed E-state index contributed by atoms with van der Waals surface area (Å²) in [7, 11) is 0. The zero-order valence-electron chi connectivity index (χ0n) is 16.5. The van der Waals surface area contributed by atoms with Gasteiger partial charge in [0.15, 0.2) is 11.5 Å². The molecule has 7 nitrogen and oxygen atoms in total. The van der Waals surface area contributed by atoms with Crippen LogP contribution in [0, 0.1) is 18.3 Å². The molecular formula is C22H24N6O. The Morgan fingerprint density at radius 1 is 1.34 bits per heavy atom. The summed E-state index contributed by atoms with van der Waals surface area (Å²) in [5.74, 6) is 4.92. The second-order valence-corrected chi connectivity index (χ2v) is 7.74. The Morgan fingerprint density at radius 2 is 2.28 bits per heavy atom. The second-order valence-electron chi connectivity index (χ2n) is 7.74. The molecule has 1 aliphatic carbocycles. The number of terminal acetylenes is 1. The van der Waals surface area contributed by atoms with E-state index in [9.17, 15) is 0 Å². The summed E-state index contributed by atoms with van der Waals surface area (Å²) in [5.41, 5.74) is 3.34. The Labute approximate surface area is 169 Å². The fourth-order valence-electron chi connectivity index (χ4n) is 4.24. The molecule has 2 unspecified atom stereocenters. The van der Waals surface area contributed by atoms with Crippen molar-refractivity contribution in [3.63, 3.8) is 0 Å². The molecule has 0 spiro atoms. The molecule has 0 radical (unpaired) electrons. The van der Waals surface area contributed by atoms with Crippen molar-refractivity contribution in [1.82, 2.24) is 25.0 Å². The normalized spacial score (nSPS) is 22.5. The van der Waals surface area contributed by atoms with Gasteiger partial charge in [-0.05, 0) is 43.4 Å². The molecule has 1 N–H and O–H groups in total. The number of rotatable bonds is 3. The number of anilines is 1. The van der Waals surface area contributed by atoms with Crippen LogP contribution in [0.15, 0.2) is 30.6 Å². The number of fused-ring (bicyclic) bond motifs is 1. The Bertz CT molecular complexity index is 1090. The van der Waals surface area contributed by atoms with Crippen LogP contribution < -0.4 is 4.90 Å². The first-order valence-corrected chi connectivity index (χ1v) is 10.1. The summed E-state index contributed by atoms with van der Waals surface area (Å²) in [6, 6.07) is 4.38. The smallest absolute Gasteiger partial charge is 0.177 e. The van der Waals surface area contributed by atoms with Gasteiger partial charge in [-0.3, -0.25) is 5.10 Å². The molecule has 0 saturated carbocycles. The van der Waals surface area contributed by atoms with Crippen LogP contribution in [0.5, 0.6) is 0 Å². The number of morpholine rings is 1. The van der Waals surface area contributed by atoms with Crippen LogP contribution in [-0.4, -0.2) is 50.8 Å². The maximum Gasteiger partial charge on any atom is 0.177 e. The van der Waals surface area contributed by atoms with Crippen LogP contribution in [0.25, 0.3) is 22.4 Å². The maximum atomic E-state index is 5.64. The average molecular weight is 388 g/mol. The highest BCUT2D eigenvalue weighted by molar-refractivity contribution is 5.92. The van der Waals surface area contributed by atoms with Crippen LogP contribution in [0.3, 0.4) is 0 Å². The molecule has 0 bridgehead atoms. The van der Waals surface area contributed by atoms with E-state index in [2.05, 4.69) is 45.2 Å². The first-order valence-electron chi connectivity index (χ1n) is 10.1. The molecule has 3 aromatic rings. The summed E-state index contributed by atoms with van der Waals surface area (Å²) in [5, 5.41) is 12.8. The van der Waals surface area contributed by atoms with E-state index in [1.165, 1.54) is 11.1 Å². The van der Waals surface area contributed by atoms with E-state index >= 15 is 0 Å². The van der Waals surface area contributed by atoms with Crippen molar-refractivity contribution in [3.05, 3.63) is 36.2 Å². The van der Waals surface area contributed by atoms with Crippen molar-refractivity contribution in [3.8, 4) is 18.2 Å². The molecule has 1 saturated heterocycles. The molecule has 4 heterocycles. The second kappa shape index (κ2) is 7.37. The van der Waals surface area contributed by atoms with E-state index in [1.807, 2.05) is 12.3 Å². The van der Waals surface area contributed by atoms with Crippen molar-refractivity contribution in [2.45, 2.75) is 32.2 Å². The topological polar surface area (TPSA) is 71.9 Å². The number of ether oxygens (including phenoxy) is 1. The lowest BCUT2D eigenvalue weighted by atomic mass is 9.86. The Morgan fingerprint density at radius 3 is 3.00 bits per heavy atom. The minimum atomic E-state index is 0.273. The van der Waals surface area contributed by atoms with Crippen LogP contribution >= 0.6 is 0 Å². The number of nitrogens with zero attached hydrogens (tertiary/aromatic N) is 5.